The van der Waals surface area contributed by atoms with Gasteiger partial charge >= 0.3 is 5.97 Å². The first-order chi connectivity index (χ1) is 13.5. The molecular formula is C20H31O9. The van der Waals surface area contributed by atoms with Crippen LogP contribution in [0.15, 0.2) is 11.6 Å². The highest BCUT2D eigenvalue weighted by Gasteiger charge is 2.37. The zero-order valence-corrected chi connectivity index (χ0v) is 16.8. The Bertz CT molecular complexity index is 587. The largest absolute Gasteiger partial charge is 0.481 e. The maximum Gasteiger partial charge on any atom is 0.303 e. The van der Waals surface area contributed by atoms with Gasteiger partial charge in [0.2, 0.25) is 0 Å². The van der Waals surface area contributed by atoms with Gasteiger partial charge in [0.05, 0.1) is 12.2 Å². The minimum atomic E-state index is -1.28. The van der Waals surface area contributed by atoms with Gasteiger partial charge in [-0.1, -0.05) is 19.9 Å². The summed E-state index contributed by atoms with van der Waals surface area (Å²) in [7, 11) is 0. The van der Waals surface area contributed by atoms with Gasteiger partial charge in [-0.3, -0.25) is 14.4 Å². The number of unbranched alkanes of at least 4 members (excludes halogenated alkanes) is 2. The fourth-order valence-electron chi connectivity index (χ4n) is 3.09. The summed E-state index contributed by atoms with van der Waals surface area (Å²) in [5.41, 5.74) is 0.0964. The average molecular weight is 415 g/mol. The molecule has 0 aromatic heterocycles. The molecule has 0 bridgehead atoms. The molecule has 0 aromatic carbocycles. The fourth-order valence-corrected chi connectivity index (χ4v) is 3.09. The van der Waals surface area contributed by atoms with Crippen molar-refractivity contribution in [3.8, 4) is 0 Å². The number of rotatable bonds is 6. The van der Waals surface area contributed by atoms with Crippen molar-refractivity contribution in [2.75, 3.05) is 6.61 Å². The van der Waals surface area contributed by atoms with E-state index in [2.05, 4.69) is 4.74 Å². The van der Waals surface area contributed by atoms with Crippen LogP contribution in [0.4, 0.5) is 0 Å². The molecule has 9 nitrogen and oxygen atoms in total. The zero-order valence-electron chi connectivity index (χ0n) is 16.8. The number of hydrogen-bond acceptors (Lipinski definition) is 8. The Morgan fingerprint density at radius 2 is 1.72 bits per heavy atom. The molecule has 0 spiro atoms. The van der Waals surface area contributed by atoms with Crippen LogP contribution in [0.25, 0.3) is 0 Å². The number of allylic oxidation sites excluding steroid dienone is 2. The highest BCUT2D eigenvalue weighted by molar-refractivity contribution is 6.22. The van der Waals surface area contributed by atoms with Crippen LogP contribution < -0.4 is 0 Å². The molecule has 0 aromatic rings. The van der Waals surface area contributed by atoms with E-state index in [0.717, 1.165) is 6.61 Å². The van der Waals surface area contributed by atoms with E-state index < -0.39 is 30.4 Å². The van der Waals surface area contributed by atoms with E-state index in [1.54, 1.807) is 6.08 Å². The second-order valence-corrected chi connectivity index (χ2v) is 8.09. The third-order valence-electron chi connectivity index (χ3n) is 4.73. The molecule has 2 fully saturated rings. The van der Waals surface area contributed by atoms with Crippen LogP contribution in [0.2, 0.25) is 0 Å². The molecule has 1 saturated heterocycles. The predicted octanol–water partition coefficient (Wildman–Crippen LogP) is 0.138. The third-order valence-corrected chi connectivity index (χ3v) is 4.73. The molecule has 9 heteroatoms. The summed E-state index contributed by atoms with van der Waals surface area (Å²) in [6, 6.07) is 0. The number of aliphatic hydroxyl groups is 4. The molecule has 29 heavy (non-hydrogen) atoms. The van der Waals surface area contributed by atoms with Crippen LogP contribution >= 0.6 is 0 Å². The molecule has 1 heterocycles. The summed E-state index contributed by atoms with van der Waals surface area (Å²) >= 11 is 0. The predicted molar refractivity (Wildman–Crippen MR) is 101 cm³/mol. The third kappa shape index (κ3) is 8.31. The Labute approximate surface area is 170 Å². The van der Waals surface area contributed by atoms with Crippen LogP contribution in [0.5, 0.6) is 0 Å². The molecule has 0 unspecified atom stereocenters. The summed E-state index contributed by atoms with van der Waals surface area (Å²) in [6.45, 7) is 4.46. The summed E-state index contributed by atoms with van der Waals surface area (Å²) in [5, 5.41) is 44.1. The molecule has 2 aliphatic rings. The van der Waals surface area contributed by atoms with Crippen molar-refractivity contribution in [2.24, 2.45) is 5.41 Å². The van der Waals surface area contributed by atoms with E-state index in [1.165, 1.54) is 0 Å². The first-order valence-corrected chi connectivity index (χ1v) is 9.60. The number of carbonyl (C=O) groups excluding carboxylic acids is 2. The summed E-state index contributed by atoms with van der Waals surface area (Å²) in [6.07, 6.45) is -0.0194. The van der Waals surface area contributed by atoms with Gasteiger partial charge in [0.15, 0.2) is 11.6 Å². The lowest BCUT2D eigenvalue weighted by Gasteiger charge is -2.33. The van der Waals surface area contributed by atoms with Gasteiger partial charge in [-0.2, -0.15) is 0 Å². The van der Waals surface area contributed by atoms with Crippen molar-refractivity contribution in [1.82, 2.24) is 0 Å². The standard InChI is InChI=1S/C14H20O4.C6H11O5/c1-14(2)8-11(15)10(12(16)9-14)6-4-3-5-7-13(17)18;7-1-4-6(10)5(9)3(8)2-11-4/h6H,3-5,7-9H2,1-2H3,(H,17,18);2-10H,1H2/t;3-,4+,5+,6+/m.0/s1. The van der Waals surface area contributed by atoms with Gasteiger partial charge in [-0.15, -0.1) is 0 Å². The van der Waals surface area contributed by atoms with Crippen molar-refractivity contribution < 1.29 is 44.7 Å². The number of ketones is 2. The molecular weight excluding hydrogens is 384 g/mol. The van der Waals surface area contributed by atoms with Crippen LogP contribution in [0, 0.1) is 12.0 Å². The summed E-state index contributed by atoms with van der Waals surface area (Å²) in [5.74, 6) is -0.960. The average Bonchev–Trinajstić information content (AvgIpc) is 2.61. The number of aliphatic carboxylic acids is 1. The van der Waals surface area contributed by atoms with Crippen LogP contribution in [-0.4, -0.2) is 74.1 Å². The summed E-state index contributed by atoms with van der Waals surface area (Å²) < 4.78 is 4.69. The molecule has 1 radical (unpaired) electrons. The molecule has 1 aliphatic carbocycles. The van der Waals surface area contributed by atoms with E-state index in [9.17, 15) is 14.4 Å². The van der Waals surface area contributed by atoms with Crippen LogP contribution in [-0.2, 0) is 19.1 Å². The van der Waals surface area contributed by atoms with E-state index >= 15 is 0 Å². The highest BCUT2D eigenvalue weighted by atomic mass is 16.5. The monoisotopic (exact) mass is 415 g/mol. The van der Waals surface area contributed by atoms with Gasteiger partial charge in [0, 0.05) is 19.3 Å². The van der Waals surface area contributed by atoms with Gasteiger partial charge in [-0.25, -0.2) is 0 Å². The van der Waals surface area contributed by atoms with Crippen molar-refractivity contribution in [2.45, 2.75) is 76.8 Å². The van der Waals surface area contributed by atoms with Gasteiger partial charge in [0.25, 0.3) is 0 Å². The van der Waals surface area contributed by atoms with E-state index in [1.807, 2.05) is 13.8 Å². The first-order valence-electron chi connectivity index (χ1n) is 9.60. The number of Topliss-reactive ketones (excluding diaryl/α,β-unsaturated/α-hetero) is 2. The zero-order chi connectivity index (χ0) is 22.2. The second-order valence-electron chi connectivity index (χ2n) is 8.09. The van der Waals surface area contributed by atoms with Crippen LogP contribution in [0.3, 0.4) is 0 Å². The van der Waals surface area contributed by atoms with Gasteiger partial charge in [0.1, 0.15) is 31.0 Å². The second kappa shape index (κ2) is 11.5. The maximum atomic E-state index is 11.8. The quantitative estimate of drug-likeness (QED) is 0.231. The van der Waals surface area contributed by atoms with E-state index in [-0.39, 0.29) is 30.0 Å². The van der Waals surface area contributed by atoms with Crippen molar-refractivity contribution in [3.63, 3.8) is 0 Å². The van der Waals surface area contributed by atoms with Crippen molar-refractivity contribution >= 4 is 17.5 Å². The topological polar surface area (TPSA) is 162 Å². The molecule has 5 N–H and O–H groups in total. The Morgan fingerprint density at radius 1 is 1.14 bits per heavy atom. The Morgan fingerprint density at radius 3 is 2.24 bits per heavy atom. The normalized spacial score (nSPS) is 29.1. The SMILES string of the molecule is CC1(C)CC(=O)C(=CCCCCC(=O)O)C(=O)C1.OC[C@H]1O[CH][C@H](O)[C@@H](O)[C@@H]1O. The van der Waals surface area contributed by atoms with Gasteiger partial charge < -0.3 is 30.3 Å². The number of aliphatic hydroxyl groups excluding tert-OH is 4. The number of carboxylic acids is 1. The smallest absolute Gasteiger partial charge is 0.303 e. The van der Waals surface area contributed by atoms with Crippen molar-refractivity contribution in [1.29, 1.82) is 0 Å². The lowest BCUT2D eigenvalue weighted by atomic mass is 9.74. The Kier molecular flexibility index (Phi) is 10.1. The molecule has 1 saturated carbocycles. The lowest BCUT2D eigenvalue weighted by molar-refractivity contribution is -0.169. The van der Waals surface area contributed by atoms with Crippen LogP contribution in [0.1, 0.15) is 52.4 Å². The van der Waals surface area contributed by atoms with Gasteiger partial charge in [-0.05, 0) is 24.7 Å². The first kappa shape index (κ1) is 25.4. The molecule has 1 aliphatic heterocycles. The Balaban J connectivity index is 0.000000326. The Hall–Kier alpha value is -1.65. The molecule has 0 amide bonds. The molecule has 165 valence electrons. The lowest BCUT2D eigenvalue weighted by Crippen LogP contribution is -2.52. The van der Waals surface area contributed by atoms with E-state index in [0.29, 0.717) is 37.7 Å². The highest BCUT2D eigenvalue weighted by Crippen LogP contribution is 2.33. The fraction of sp³-hybridized carbons (Fsp3) is 0.700. The number of carboxylic acid groups (broad SMARTS) is 1. The minimum Gasteiger partial charge on any atom is -0.481 e. The minimum absolute atomic E-state index is 0.0746. The number of hydrogen-bond donors (Lipinski definition) is 5. The summed E-state index contributed by atoms with van der Waals surface area (Å²) in [4.78, 5) is 33.9. The molecule has 2 rings (SSSR count). The number of carbonyl (C=O) groups is 3. The maximum absolute atomic E-state index is 11.8. The number of ether oxygens (including phenoxy) is 1. The molecule has 4 atom stereocenters. The van der Waals surface area contributed by atoms with E-state index in [4.69, 9.17) is 25.5 Å². The van der Waals surface area contributed by atoms with Crippen molar-refractivity contribution in [3.05, 3.63) is 18.3 Å².